The molecule has 3 nitrogen and oxygen atoms in total. The number of benzene rings is 3. The van der Waals surface area contributed by atoms with Crippen LogP contribution in [0, 0.1) is 5.41 Å². The fraction of sp³-hybridized carbons (Fsp3) is 0.370. The van der Waals surface area contributed by atoms with Gasteiger partial charge in [0.05, 0.1) is 0 Å². The van der Waals surface area contributed by atoms with Crippen molar-refractivity contribution in [3.63, 3.8) is 0 Å². The van der Waals surface area contributed by atoms with Crippen LogP contribution in [0.25, 0.3) is 10.8 Å². The molecule has 0 radical (unpaired) electrons. The molecule has 3 aromatic rings. The van der Waals surface area contributed by atoms with E-state index in [0.29, 0.717) is 17.9 Å². The first-order chi connectivity index (χ1) is 14.5. The monoisotopic (exact) mass is 397 g/mol. The fourth-order valence-corrected chi connectivity index (χ4v) is 5.32. The molecule has 1 saturated carbocycles. The van der Waals surface area contributed by atoms with Crippen LogP contribution < -0.4 is 5.73 Å². The molecule has 0 aromatic heterocycles. The highest BCUT2D eigenvalue weighted by molar-refractivity contribution is 5.99. The average Bonchev–Trinajstić information content (AvgIpc) is 3.55. The molecule has 5 rings (SSSR count). The number of fused-ring (bicyclic) bond motifs is 2. The molecule has 1 aliphatic carbocycles. The van der Waals surface area contributed by atoms with Crippen molar-refractivity contribution in [1.82, 2.24) is 4.90 Å². The van der Waals surface area contributed by atoms with Crippen molar-refractivity contribution in [2.75, 3.05) is 13.6 Å². The van der Waals surface area contributed by atoms with Crippen LogP contribution in [-0.4, -0.2) is 24.3 Å². The normalized spacial score (nSPS) is 23.3. The molecular weight excluding hydrogens is 366 g/mol. The Morgan fingerprint density at radius 3 is 2.47 bits per heavy atom. The van der Waals surface area contributed by atoms with Gasteiger partial charge in [-0.05, 0) is 77.2 Å². The minimum atomic E-state index is 0.127. The number of nitrogens with two attached hydrogens (primary N) is 1. The second kappa shape index (κ2) is 7.55. The maximum Gasteiger partial charge on any atom is 0.122 e. The van der Waals surface area contributed by atoms with Crippen molar-refractivity contribution < 1.29 is 0 Å². The van der Waals surface area contributed by atoms with Gasteiger partial charge in [-0.15, -0.1) is 0 Å². The van der Waals surface area contributed by atoms with Crippen molar-refractivity contribution in [1.29, 1.82) is 5.41 Å². The Balaban J connectivity index is 1.40. The first kappa shape index (κ1) is 19.3. The number of hydrogen-bond acceptors (Lipinski definition) is 2. The zero-order chi connectivity index (χ0) is 20.8. The Bertz CT molecular complexity index is 1120. The summed E-state index contributed by atoms with van der Waals surface area (Å²) in [4.78, 5) is 2.54. The highest BCUT2D eigenvalue weighted by Gasteiger charge is 2.40. The van der Waals surface area contributed by atoms with Crippen LogP contribution in [-0.2, 0) is 6.42 Å². The van der Waals surface area contributed by atoms with Gasteiger partial charge < -0.3 is 5.73 Å². The Hall–Kier alpha value is -2.65. The summed E-state index contributed by atoms with van der Waals surface area (Å²) in [6.45, 7) is 3.47. The maximum atomic E-state index is 7.65. The SMILES string of the molecule is CCCC1c2cc(C3CC3c3ccc4cc(C(=N)N)ccc4c3)ccc2CCN1C. The molecule has 154 valence electrons. The lowest BCUT2D eigenvalue weighted by Gasteiger charge is -2.35. The highest BCUT2D eigenvalue weighted by Crippen LogP contribution is 2.55. The molecule has 3 heteroatoms. The number of hydrogen-bond donors (Lipinski definition) is 2. The number of nitrogen functional groups attached to an aromatic ring is 1. The highest BCUT2D eigenvalue weighted by atomic mass is 15.1. The van der Waals surface area contributed by atoms with Crippen molar-refractivity contribution in [2.45, 2.75) is 50.5 Å². The molecule has 1 fully saturated rings. The molecule has 1 heterocycles. The number of nitrogens with zero attached hydrogens (tertiary/aromatic N) is 1. The Labute approximate surface area is 179 Å². The predicted octanol–water partition coefficient (Wildman–Crippen LogP) is 5.72. The molecule has 3 atom stereocenters. The molecular formula is C27H31N3. The van der Waals surface area contributed by atoms with Crippen LogP contribution in [0.4, 0.5) is 0 Å². The molecule has 1 aliphatic heterocycles. The first-order valence-electron chi connectivity index (χ1n) is 11.3. The van der Waals surface area contributed by atoms with E-state index in [2.05, 4.69) is 61.3 Å². The molecule has 0 saturated heterocycles. The van der Waals surface area contributed by atoms with E-state index in [1.807, 2.05) is 12.1 Å². The lowest BCUT2D eigenvalue weighted by molar-refractivity contribution is 0.218. The summed E-state index contributed by atoms with van der Waals surface area (Å²) in [5.74, 6) is 1.38. The third-order valence-electron chi connectivity index (χ3n) is 7.18. The van der Waals surface area contributed by atoms with Crippen molar-refractivity contribution >= 4 is 16.6 Å². The summed E-state index contributed by atoms with van der Waals surface area (Å²) in [5, 5.41) is 10.0. The summed E-state index contributed by atoms with van der Waals surface area (Å²) < 4.78 is 0. The Kier molecular flexibility index (Phi) is 4.86. The van der Waals surface area contributed by atoms with Crippen molar-refractivity contribution in [3.8, 4) is 0 Å². The molecule has 0 spiro atoms. The molecule has 30 heavy (non-hydrogen) atoms. The molecule has 3 N–H and O–H groups in total. The quantitative estimate of drug-likeness (QED) is 0.427. The van der Waals surface area contributed by atoms with E-state index in [0.717, 1.165) is 10.9 Å². The fourth-order valence-electron chi connectivity index (χ4n) is 5.32. The molecule has 2 aliphatic rings. The second-order valence-electron chi connectivity index (χ2n) is 9.18. The summed E-state index contributed by atoms with van der Waals surface area (Å²) >= 11 is 0. The molecule has 3 unspecified atom stereocenters. The van der Waals surface area contributed by atoms with Gasteiger partial charge in [0.1, 0.15) is 5.84 Å². The standard InChI is InChI=1S/C27H31N3/c1-3-4-26-25-15-21(8-5-17(25)11-12-30(26)2)24-16-23(24)20-9-6-19-14-22(27(28)29)10-7-18(19)13-20/h5-10,13-15,23-24,26H,3-4,11-12,16H2,1-2H3,(H3,28,29). The minimum absolute atomic E-state index is 0.127. The van der Waals surface area contributed by atoms with Gasteiger partial charge in [0, 0.05) is 18.2 Å². The average molecular weight is 398 g/mol. The number of rotatable bonds is 5. The third-order valence-corrected chi connectivity index (χ3v) is 7.18. The van der Waals surface area contributed by atoms with E-state index in [1.54, 1.807) is 11.1 Å². The largest absolute Gasteiger partial charge is 0.384 e. The van der Waals surface area contributed by atoms with E-state index < -0.39 is 0 Å². The second-order valence-corrected chi connectivity index (χ2v) is 9.18. The molecule has 3 aromatic carbocycles. The maximum absolute atomic E-state index is 7.65. The van der Waals surface area contributed by atoms with Gasteiger partial charge in [-0.1, -0.05) is 61.9 Å². The van der Waals surface area contributed by atoms with E-state index in [1.165, 1.54) is 48.7 Å². The van der Waals surface area contributed by atoms with E-state index >= 15 is 0 Å². The Morgan fingerprint density at radius 2 is 1.70 bits per heavy atom. The van der Waals surface area contributed by atoms with Crippen LogP contribution in [0.3, 0.4) is 0 Å². The summed E-state index contributed by atoms with van der Waals surface area (Å²) in [7, 11) is 2.28. The minimum Gasteiger partial charge on any atom is -0.384 e. The van der Waals surface area contributed by atoms with E-state index in [9.17, 15) is 0 Å². The predicted molar refractivity (Wildman–Crippen MR) is 125 cm³/mol. The van der Waals surface area contributed by atoms with Crippen molar-refractivity contribution in [3.05, 3.63) is 82.4 Å². The zero-order valence-electron chi connectivity index (χ0n) is 18.0. The number of amidine groups is 1. The van der Waals surface area contributed by atoms with Crippen molar-refractivity contribution in [2.24, 2.45) is 5.73 Å². The third kappa shape index (κ3) is 3.41. The Morgan fingerprint density at radius 1 is 1.00 bits per heavy atom. The van der Waals surface area contributed by atoms with Gasteiger partial charge in [-0.3, -0.25) is 10.3 Å². The van der Waals surface area contributed by atoms with Crippen LogP contribution in [0.2, 0.25) is 0 Å². The summed E-state index contributed by atoms with van der Waals surface area (Å²) in [6.07, 6.45) is 4.89. The van der Waals surface area contributed by atoms with Crippen LogP contribution in [0.5, 0.6) is 0 Å². The smallest absolute Gasteiger partial charge is 0.122 e. The lowest BCUT2D eigenvalue weighted by Crippen LogP contribution is -2.32. The van der Waals surface area contributed by atoms with Gasteiger partial charge in [0.2, 0.25) is 0 Å². The first-order valence-corrected chi connectivity index (χ1v) is 11.3. The lowest BCUT2D eigenvalue weighted by atomic mass is 9.88. The number of nitrogens with one attached hydrogen (secondary N) is 1. The van der Waals surface area contributed by atoms with Gasteiger partial charge in [-0.25, -0.2) is 0 Å². The van der Waals surface area contributed by atoms with Gasteiger partial charge in [-0.2, -0.15) is 0 Å². The zero-order valence-corrected chi connectivity index (χ0v) is 18.0. The summed E-state index contributed by atoms with van der Waals surface area (Å²) in [6, 6.07) is 20.7. The number of likely N-dealkylation sites (N-methyl/N-ethyl adjacent to an activating group) is 1. The van der Waals surface area contributed by atoms with E-state index in [-0.39, 0.29) is 5.84 Å². The topological polar surface area (TPSA) is 53.1 Å². The molecule has 0 bridgehead atoms. The van der Waals surface area contributed by atoms with Gasteiger partial charge in [0.25, 0.3) is 0 Å². The summed E-state index contributed by atoms with van der Waals surface area (Å²) in [5.41, 5.74) is 12.5. The van der Waals surface area contributed by atoms with E-state index in [4.69, 9.17) is 11.1 Å². The van der Waals surface area contributed by atoms with Crippen LogP contribution in [0.15, 0.2) is 54.6 Å². The van der Waals surface area contributed by atoms with Gasteiger partial charge >= 0.3 is 0 Å². The van der Waals surface area contributed by atoms with Gasteiger partial charge in [0.15, 0.2) is 0 Å². The van der Waals surface area contributed by atoms with Crippen LogP contribution in [0.1, 0.15) is 71.9 Å². The van der Waals surface area contributed by atoms with Crippen LogP contribution >= 0.6 is 0 Å². The molecule has 0 amide bonds.